The molecule has 6 heteroatoms. The SMILES string of the molecule is COC(=O)c1ccc2nnc(CNC3CCCC3)n2c1. The van der Waals surface area contributed by atoms with Crippen LogP contribution in [-0.2, 0) is 11.3 Å². The molecule has 1 fully saturated rings. The van der Waals surface area contributed by atoms with Gasteiger partial charge in [-0.05, 0) is 25.0 Å². The maximum absolute atomic E-state index is 11.6. The number of carbonyl (C=O) groups is 1. The molecule has 1 N–H and O–H groups in total. The molecule has 0 unspecified atom stereocenters. The lowest BCUT2D eigenvalue weighted by Crippen LogP contribution is -2.26. The van der Waals surface area contributed by atoms with Crippen molar-refractivity contribution in [1.82, 2.24) is 19.9 Å². The summed E-state index contributed by atoms with van der Waals surface area (Å²) >= 11 is 0. The van der Waals surface area contributed by atoms with E-state index in [1.807, 2.05) is 4.40 Å². The Labute approximate surface area is 117 Å². The van der Waals surface area contributed by atoms with Gasteiger partial charge in [0.05, 0.1) is 19.2 Å². The van der Waals surface area contributed by atoms with Crippen molar-refractivity contribution < 1.29 is 9.53 Å². The molecule has 0 amide bonds. The highest BCUT2D eigenvalue weighted by molar-refractivity contribution is 5.89. The third-order valence-electron chi connectivity index (χ3n) is 3.80. The molecule has 0 aromatic carbocycles. The van der Waals surface area contributed by atoms with Gasteiger partial charge in [0.2, 0.25) is 0 Å². The zero-order valence-electron chi connectivity index (χ0n) is 11.5. The monoisotopic (exact) mass is 274 g/mol. The quantitative estimate of drug-likeness (QED) is 0.857. The number of ether oxygens (including phenoxy) is 1. The standard InChI is InChI=1S/C14H18N4O2/c1-20-14(19)10-6-7-12-16-17-13(18(12)9-10)8-15-11-4-2-3-5-11/h6-7,9,11,15H,2-5,8H2,1H3. The van der Waals surface area contributed by atoms with Crippen LogP contribution >= 0.6 is 0 Å². The normalized spacial score (nSPS) is 15.8. The van der Waals surface area contributed by atoms with Gasteiger partial charge < -0.3 is 10.1 Å². The van der Waals surface area contributed by atoms with Gasteiger partial charge in [-0.1, -0.05) is 12.8 Å². The summed E-state index contributed by atoms with van der Waals surface area (Å²) in [5, 5.41) is 11.8. The van der Waals surface area contributed by atoms with Crippen LogP contribution in [0.15, 0.2) is 18.3 Å². The van der Waals surface area contributed by atoms with E-state index < -0.39 is 0 Å². The Morgan fingerprint density at radius 3 is 2.95 bits per heavy atom. The first-order valence-electron chi connectivity index (χ1n) is 6.93. The lowest BCUT2D eigenvalue weighted by Gasteiger charge is -2.10. The second-order valence-electron chi connectivity index (χ2n) is 5.12. The number of carbonyl (C=O) groups excluding carboxylic acids is 1. The first-order chi connectivity index (χ1) is 9.78. The van der Waals surface area contributed by atoms with Gasteiger partial charge in [-0.25, -0.2) is 4.79 Å². The van der Waals surface area contributed by atoms with Gasteiger partial charge in [0.15, 0.2) is 11.5 Å². The van der Waals surface area contributed by atoms with Crippen molar-refractivity contribution in [2.24, 2.45) is 0 Å². The largest absolute Gasteiger partial charge is 0.465 e. The Morgan fingerprint density at radius 2 is 2.20 bits per heavy atom. The van der Waals surface area contributed by atoms with E-state index in [1.54, 1.807) is 18.3 Å². The fourth-order valence-electron chi connectivity index (χ4n) is 2.66. The third-order valence-corrected chi connectivity index (χ3v) is 3.80. The van der Waals surface area contributed by atoms with Crippen LogP contribution < -0.4 is 5.32 Å². The van der Waals surface area contributed by atoms with Crippen molar-refractivity contribution >= 4 is 11.6 Å². The van der Waals surface area contributed by atoms with Crippen LogP contribution in [-0.4, -0.2) is 33.7 Å². The summed E-state index contributed by atoms with van der Waals surface area (Å²) in [6.45, 7) is 0.663. The van der Waals surface area contributed by atoms with Crippen LogP contribution in [0.1, 0.15) is 41.9 Å². The topological polar surface area (TPSA) is 68.5 Å². The lowest BCUT2D eigenvalue weighted by atomic mass is 10.2. The second-order valence-corrected chi connectivity index (χ2v) is 5.12. The van der Waals surface area contributed by atoms with Crippen molar-refractivity contribution in [3.05, 3.63) is 29.7 Å². The van der Waals surface area contributed by atoms with Gasteiger partial charge in [-0.2, -0.15) is 0 Å². The second kappa shape index (κ2) is 5.58. The van der Waals surface area contributed by atoms with E-state index in [-0.39, 0.29) is 5.97 Å². The van der Waals surface area contributed by atoms with E-state index in [9.17, 15) is 4.79 Å². The lowest BCUT2D eigenvalue weighted by molar-refractivity contribution is 0.0600. The molecular formula is C14H18N4O2. The zero-order chi connectivity index (χ0) is 13.9. The Hall–Kier alpha value is -1.95. The van der Waals surface area contributed by atoms with Crippen LogP contribution in [0.5, 0.6) is 0 Å². The molecule has 2 aromatic heterocycles. The van der Waals surface area contributed by atoms with Gasteiger partial charge in [0.25, 0.3) is 0 Å². The van der Waals surface area contributed by atoms with Gasteiger partial charge in [-0.15, -0.1) is 10.2 Å². The summed E-state index contributed by atoms with van der Waals surface area (Å²) in [7, 11) is 1.38. The van der Waals surface area contributed by atoms with Gasteiger partial charge in [0, 0.05) is 12.2 Å². The van der Waals surface area contributed by atoms with Crippen LogP contribution in [0.4, 0.5) is 0 Å². The summed E-state index contributed by atoms with van der Waals surface area (Å²) in [5.41, 5.74) is 1.24. The molecule has 6 nitrogen and oxygen atoms in total. The number of pyridine rings is 1. The highest BCUT2D eigenvalue weighted by atomic mass is 16.5. The Bertz CT molecular complexity index is 617. The summed E-state index contributed by atoms with van der Waals surface area (Å²) in [4.78, 5) is 11.6. The van der Waals surface area contributed by atoms with Crippen molar-refractivity contribution in [3.63, 3.8) is 0 Å². The molecule has 1 saturated carbocycles. The highest BCUT2D eigenvalue weighted by Crippen LogP contribution is 2.18. The molecule has 0 atom stereocenters. The van der Waals surface area contributed by atoms with E-state index in [0.29, 0.717) is 18.2 Å². The van der Waals surface area contributed by atoms with E-state index in [1.165, 1.54) is 32.8 Å². The van der Waals surface area contributed by atoms with E-state index in [2.05, 4.69) is 15.5 Å². The number of fused-ring (bicyclic) bond motifs is 1. The number of nitrogens with zero attached hydrogens (tertiary/aromatic N) is 3. The number of rotatable bonds is 4. The van der Waals surface area contributed by atoms with E-state index in [0.717, 1.165) is 11.5 Å². The maximum atomic E-state index is 11.6. The number of methoxy groups -OCH3 is 1. The fraction of sp³-hybridized carbons (Fsp3) is 0.500. The molecule has 0 aliphatic heterocycles. The average Bonchev–Trinajstić information content (AvgIpc) is 3.13. The number of esters is 1. The minimum absolute atomic E-state index is 0.352. The van der Waals surface area contributed by atoms with Crippen molar-refractivity contribution in [2.45, 2.75) is 38.3 Å². The molecule has 1 aliphatic carbocycles. The van der Waals surface area contributed by atoms with Crippen molar-refractivity contribution in [2.75, 3.05) is 7.11 Å². The first-order valence-corrected chi connectivity index (χ1v) is 6.93. The number of aromatic nitrogens is 3. The smallest absolute Gasteiger partial charge is 0.339 e. The molecule has 2 heterocycles. The molecule has 0 spiro atoms. The zero-order valence-corrected chi connectivity index (χ0v) is 11.5. The average molecular weight is 274 g/mol. The van der Waals surface area contributed by atoms with Gasteiger partial charge in [-0.3, -0.25) is 4.40 Å². The predicted octanol–water partition coefficient (Wildman–Crippen LogP) is 1.55. The van der Waals surface area contributed by atoms with Crippen molar-refractivity contribution in [1.29, 1.82) is 0 Å². The summed E-state index contributed by atoms with van der Waals surface area (Å²) in [5.74, 6) is 0.466. The molecule has 0 bridgehead atoms. The first kappa shape index (κ1) is 13.1. The van der Waals surface area contributed by atoms with Crippen LogP contribution in [0.25, 0.3) is 5.65 Å². The predicted molar refractivity (Wildman–Crippen MR) is 73.4 cm³/mol. The summed E-state index contributed by atoms with van der Waals surface area (Å²) in [6, 6.07) is 4.05. The fourth-order valence-corrected chi connectivity index (χ4v) is 2.66. The van der Waals surface area contributed by atoms with E-state index >= 15 is 0 Å². The Balaban J connectivity index is 1.81. The molecular weight excluding hydrogens is 256 g/mol. The Morgan fingerprint density at radius 1 is 1.40 bits per heavy atom. The third kappa shape index (κ3) is 2.51. The highest BCUT2D eigenvalue weighted by Gasteiger charge is 2.16. The summed E-state index contributed by atoms with van der Waals surface area (Å²) < 4.78 is 6.58. The molecule has 3 rings (SSSR count). The summed E-state index contributed by atoms with van der Waals surface area (Å²) in [6.07, 6.45) is 6.77. The maximum Gasteiger partial charge on any atom is 0.339 e. The van der Waals surface area contributed by atoms with Crippen LogP contribution in [0.2, 0.25) is 0 Å². The van der Waals surface area contributed by atoms with Crippen molar-refractivity contribution in [3.8, 4) is 0 Å². The molecule has 0 radical (unpaired) electrons. The minimum Gasteiger partial charge on any atom is -0.465 e. The number of nitrogens with one attached hydrogen (secondary N) is 1. The molecule has 2 aromatic rings. The molecule has 0 saturated heterocycles. The molecule has 106 valence electrons. The number of hydrogen-bond donors (Lipinski definition) is 1. The van der Waals surface area contributed by atoms with Gasteiger partial charge in [0.1, 0.15) is 0 Å². The number of hydrogen-bond acceptors (Lipinski definition) is 5. The van der Waals surface area contributed by atoms with E-state index in [4.69, 9.17) is 4.74 Å². The minimum atomic E-state index is -0.352. The van der Waals surface area contributed by atoms with Crippen LogP contribution in [0.3, 0.4) is 0 Å². The Kier molecular flexibility index (Phi) is 3.64. The molecule has 20 heavy (non-hydrogen) atoms. The molecule has 1 aliphatic rings. The van der Waals surface area contributed by atoms with Gasteiger partial charge >= 0.3 is 5.97 Å². The van der Waals surface area contributed by atoms with Crippen LogP contribution in [0, 0.1) is 0 Å².